The summed E-state index contributed by atoms with van der Waals surface area (Å²) < 4.78 is 8.11. The molecule has 2 amide bonds. The van der Waals surface area contributed by atoms with E-state index in [9.17, 15) is 9.59 Å². The number of hydrogen-bond acceptors (Lipinski definition) is 6. The van der Waals surface area contributed by atoms with Gasteiger partial charge in [-0.3, -0.25) is 19.4 Å². The number of rotatable bonds is 5. The molecule has 2 aromatic heterocycles. The molecule has 0 radical (unpaired) electrons. The third-order valence-electron chi connectivity index (χ3n) is 6.74. The number of fused-ring (bicyclic) bond motifs is 1. The molecule has 0 unspecified atom stereocenters. The molecule has 0 aromatic carbocycles. The van der Waals surface area contributed by atoms with Crippen LogP contribution in [0.5, 0.6) is 0 Å². The lowest BCUT2D eigenvalue weighted by atomic mass is 9.73. The Balaban J connectivity index is 0.000000775. The molecule has 170 valence electrons. The second-order valence-electron chi connectivity index (χ2n) is 8.51. The van der Waals surface area contributed by atoms with Crippen molar-refractivity contribution in [3.8, 4) is 0 Å². The van der Waals surface area contributed by atoms with Gasteiger partial charge in [0.05, 0.1) is 37.2 Å². The van der Waals surface area contributed by atoms with Crippen LogP contribution in [0.15, 0.2) is 36.9 Å². The lowest BCUT2D eigenvalue weighted by Crippen LogP contribution is -2.42. The molecule has 2 aromatic rings. The van der Waals surface area contributed by atoms with Gasteiger partial charge in [0.2, 0.25) is 5.91 Å². The summed E-state index contributed by atoms with van der Waals surface area (Å²) in [5.74, 6) is 0.467. The second-order valence-corrected chi connectivity index (χ2v) is 8.51. The van der Waals surface area contributed by atoms with Gasteiger partial charge in [-0.15, -0.1) is 0 Å². The van der Waals surface area contributed by atoms with Crippen LogP contribution in [-0.2, 0) is 27.8 Å². The molecule has 5 heterocycles. The summed E-state index contributed by atoms with van der Waals surface area (Å²) in [4.78, 5) is 43.9. The fourth-order valence-electron chi connectivity index (χ4n) is 5.30. The van der Waals surface area contributed by atoms with Crippen molar-refractivity contribution in [2.75, 3.05) is 19.6 Å². The molecule has 2 N–H and O–H groups in total. The van der Waals surface area contributed by atoms with Gasteiger partial charge >= 0.3 is 0 Å². The number of likely N-dealkylation sites (tertiary alicyclic amines) is 1. The van der Waals surface area contributed by atoms with Crippen molar-refractivity contribution in [1.82, 2.24) is 24.8 Å². The number of nitrogens with zero attached hydrogens (tertiary/aromatic N) is 4. The number of carbonyl (C=O) groups is 3. The highest BCUT2D eigenvalue weighted by Crippen LogP contribution is 2.54. The van der Waals surface area contributed by atoms with Gasteiger partial charge in [0.15, 0.2) is 0 Å². The predicted molar refractivity (Wildman–Crippen MR) is 113 cm³/mol. The number of carbonyl (C=O) groups excluding carboxylic acids is 2. The summed E-state index contributed by atoms with van der Waals surface area (Å²) in [7, 11) is 1.81. The number of ether oxygens (including phenoxy) is 1. The average molecular weight is 441 g/mol. The third kappa shape index (κ3) is 4.10. The van der Waals surface area contributed by atoms with E-state index in [2.05, 4.69) is 15.3 Å². The SMILES string of the molecule is Cn1cncc1C(=O)NC[C@H]1[C@H]2CN(C(=O)Cc3ccccn3)C[C@]23CC[C@H]1O3.O=CO. The van der Waals surface area contributed by atoms with Gasteiger partial charge in [-0.05, 0) is 25.0 Å². The van der Waals surface area contributed by atoms with Crippen LogP contribution in [0.1, 0.15) is 29.0 Å². The fraction of sp³-hybridized carbons (Fsp3) is 0.500. The molecule has 5 rings (SSSR count). The molecule has 3 saturated heterocycles. The largest absolute Gasteiger partial charge is 0.483 e. The Morgan fingerprint density at radius 3 is 2.91 bits per heavy atom. The van der Waals surface area contributed by atoms with Crippen molar-refractivity contribution < 1.29 is 24.2 Å². The highest BCUT2D eigenvalue weighted by molar-refractivity contribution is 5.92. The Kier molecular flexibility index (Phi) is 6.22. The lowest BCUT2D eigenvalue weighted by Gasteiger charge is -2.29. The zero-order valence-electron chi connectivity index (χ0n) is 17.9. The molecule has 3 fully saturated rings. The van der Waals surface area contributed by atoms with Gasteiger partial charge < -0.3 is 24.6 Å². The number of amides is 2. The summed E-state index contributed by atoms with van der Waals surface area (Å²) in [6.45, 7) is 1.64. The van der Waals surface area contributed by atoms with Crippen LogP contribution >= 0.6 is 0 Å². The Morgan fingerprint density at radius 1 is 1.41 bits per heavy atom. The number of aromatic nitrogens is 3. The Morgan fingerprint density at radius 2 is 2.22 bits per heavy atom. The predicted octanol–water partition coefficient (Wildman–Crippen LogP) is 0.494. The number of carboxylic acid groups (broad SMARTS) is 1. The molecule has 0 saturated carbocycles. The maximum atomic E-state index is 12.8. The van der Waals surface area contributed by atoms with Crippen LogP contribution in [0.25, 0.3) is 0 Å². The quantitative estimate of drug-likeness (QED) is 0.647. The van der Waals surface area contributed by atoms with E-state index in [1.807, 2.05) is 23.1 Å². The van der Waals surface area contributed by atoms with Crippen LogP contribution in [0, 0.1) is 11.8 Å². The van der Waals surface area contributed by atoms with Gasteiger partial charge in [-0.25, -0.2) is 4.98 Å². The molecular weight excluding hydrogens is 414 g/mol. The maximum absolute atomic E-state index is 12.8. The summed E-state index contributed by atoms with van der Waals surface area (Å²) in [5, 5.41) is 9.94. The van der Waals surface area contributed by atoms with Crippen LogP contribution in [-0.4, -0.2) is 74.2 Å². The van der Waals surface area contributed by atoms with Crippen molar-refractivity contribution >= 4 is 18.3 Å². The lowest BCUT2D eigenvalue weighted by molar-refractivity contribution is -0.131. The topological polar surface area (TPSA) is 127 Å². The van der Waals surface area contributed by atoms with Crippen molar-refractivity contribution in [2.24, 2.45) is 18.9 Å². The minimum absolute atomic E-state index is 0.0946. The van der Waals surface area contributed by atoms with Gasteiger partial charge in [-0.2, -0.15) is 0 Å². The van der Waals surface area contributed by atoms with Crippen molar-refractivity contribution in [1.29, 1.82) is 0 Å². The van der Waals surface area contributed by atoms with Crippen LogP contribution in [0.2, 0.25) is 0 Å². The summed E-state index contributed by atoms with van der Waals surface area (Å²) in [6.07, 6.45) is 7.36. The minimum Gasteiger partial charge on any atom is -0.483 e. The standard InChI is InChI=1S/C21H25N5O3.CH2O2/c1-25-13-22-10-17(25)20(28)24-9-15-16-11-26(12-21(16)6-5-18(15)29-21)19(27)8-14-4-2-3-7-23-14;2-1-3/h2-4,7,10,13,15-16,18H,5-6,8-9,11-12H2,1H3,(H,24,28);1H,(H,2,3)/t15-,16+,18+,21+;/m0./s1. The molecule has 32 heavy (non-hydrogen) atoms. The monoisotopic (exact) mass is 441 g/mol. The fourth-order valence-corrected chi connectivity index (χ4v) is 5.30. The van der Waals surface area contributed by atoms with E-state index < -0.39 is 0 Å². The van der Waals surface area contributed by atoms with Gasteiger partial charge in [0, 0.05) is 43.9 Å². The van der Waals surface area contributed by atoms with Crippen molar-refractivity contribution in [2.45, 2.75) is 31.0 Å². The zero-order valence-corrected chi connectivity index (χ0v) is 17.9. The molecule has 1 spiro atoms. The first-order valence-electron chi connectivity index (χ1n) is 10.7. The van der Waals surface area contributed by atoms with Crippen molar-refractivity contribution in [3.63, 3.8) is 0 Å². The number of aryl methyl sites for hydroxylation is 1. The summed E-state index contributed by atoms with van der Waals surface area (Å²) in [6, 6.07) is 5.63. The van der Waals surface area contributed by atoms with E-state index >= 15 is 0 Å². The number of pyridine rings is 1. The molecule has 10 heteroatoms. The van der Waals surface area contributed by atoms with E-state index in [4.69, 9.17) is 14.6 Å². The Labute approximate surface area is 185 Å². The average Bonchev–Trinajstić information content (AvgIpc) is 3.53. The van der Waals surface area contributed by atoms with E-state index in [1.165, 1.54) is 0 Å². The molecule has 3 aliphatic heterocycles. The third-order valence-corrected chi connectivity index (χ3v) is 6.74. The molecule has 0 aliphatic carbocycles. The van der Waals surface area contributed by atoms with E-state index in [1.54, 1.807) is 30.3 Å². The summed E-state index contributed by atoms with van der Waals surface area (Å²) >= 11 is 0. The van der Waals surface area contributed by atoms with Crippen LogP contribution in [0.4, 0.5) is 0 Å². The number of nitrogens with one attached hydrogen (secondary N) is 1. The smallest absolute Gasteiger partial charge is 0.290 e. The molecule has 10 nitrogen and oxygen atoms in total. The first-order chi connectivity index (χ1) is 15.5. The molecule has 3 aliphatic rings. The minimum atomic E-state index is -0.250. The van der Waals surface area contributed by atoms with Gasteiger partial charge in [0.25, 0.3) is 12.4 Å². The highest BCUT2D eigenvalue weighted by Gasteiger charge is 2.63. The Bertz CT molecular complexity index is 980. The first-order valence-corrected chi connectivity index (χ1v) is 10.7. The van der Waals surface area contributed by atoms with Gasteiger partial charge in [0.1, 0.15) is 5.69 Å². The second kappa shape index (κ2) is 9.07. The first kappa shape index (κ1) is 21.9. The number of hydrogen-bond donors (Lipinski definition) is 2. The maximum Gasteiger partial charge on any atom is 0.290 e. The van der Waals surface area contributed by atoms with Crippen LogP contribution < -0.4 is 5.32 Å². The van der Waals surface area contributed by atoms with E-state index in [0.717, 1.165) is 18.5 Å². The van der Waals surface area contributed by atoms with Gasteiger partial charge in [-0.1, -0.05) is 6.07 Å². The molecule has 2 bridgehead atoms. The van der Waals surface area contributed by atoms with Crippen molar-refractivity contribution in [3.05, 3.63) is 48.3 Å². The molecular formula is C22H27N5O5. The molecule has 4 atom stereocenters. The van der Waals surface area contributed by atoms with E-state index in [-0.39, 0.29) is 41.8 Å². The Hall–Kier alpha value is -3.27. The zero-order chi connectivity index (χ0) is 22.7. The number of imidazole rings is 1. The van der Waals surface area contributed by atoms with Crippen LogP contribution in [0.3, 0.4) is 0 Å². The van der Waals surface area contributed by atoms with E-state index in [0.29, 0.717) is 31.7 Å². The highest BCUT2D eigenvalue weighted by atomic mass is 16.5. The summed E-state index contributed by atoms with van der Waals surface area (Å²) in [5.41, 5.74) is 1.09. The normalized spacial score (nSPS) is 27.4.